The van der Waals surface area contributed by atoms with Crippen LogP contribution in [0.2, 0.25) is 0 Å². The number of nitrogens with two attached hydrogens (primary N) is 1. The van der Waals surface area contributed by atoms with E-state index in [0.29, 0.717) is 11.4 Å². The van der Waals surface area contributed by atoms with Gasteiger partial charge in [-0.15, -0.1) is 0 Å². The number of rotatable bonds is 5. The lowest BCUT2D eigenvalue weighted by Gasteiger charge is -2.30. The first kappa shape index (κ1) is 15.9. The van der Waals surface area contributed by atoms with Crippen molar-refractivity contribution >= 4 is 23.1 Å². The summed E-state index contributed by atoms with van der Waals surface area (Å²) in [6.45, 7) is 3.63. The summed E-state index contributed by atoms with van der Waals surface area (Å²) in [6, 6.07) is 10.4. The molecule has 1 heterocycles. The Morgan fingerprint density at radius 2 is 2.14 bits per heavy atom. The van der Waals surface area contributed by atoms with E-state index in [-0.39, 0.29) is 17.4 Å². The van der Waals surface area contributed by atoms with E-state index in [1.165, 1.54) is 5.56 Å². The molecule has 2 atom stereocenters. The average Bonchev–Trinajstić information content (AvgIpc) is 2.88. The van der Waals surface area contributed by atoms with Crippen molar-refractivity contribution in [1.29, 1.82) is 0 Å². The number of nitrogens with one attached hydrogen (secondary N) is 1. The van der Waals surface area contributed by atoms with E-state index in [4.69, 9.17) is 18.0 Å². The Morgan fingerprint density at radius 3 is 2.71 bits per heavy atom. The molecule has 4 nitrogen and oxygen atoms in total. The van der Waals surface area contributed by atoms with Gasteiger partial charge < -0.3 is 11.1 Å². The molecule has 2 unspecified atom stereocenters. The average molecular weight is 305 g/mol. The fourth-order valence-corrected chi connectivity index (χ4v) is 3.23. The lowest BCUT2D eigenvalue weighted by Crippen LogP contribution is -2.40. The van der Waals surface area contributed by atoms with Gasteiger partial charge in [-0.2, -0.15) is 0 Å². The second kappa shape index (κ2) is 6.54. The summed E-state index contributed by atoms with van der Waals surface area (Å²) in [5.74, 6) is 0.104. The largest absolute Gasteiger partial charge is 0.393 e. The van der Waals surface area contributed by atoms with Crippen LogP contribution in [0, 0.1) is 5.41 Å². The molecule has 0 bridgehead atoms. The monoisotopic (exact) mass is 305 g/mol. The van der Waals surface area contributed by atoms with Gasteiger partial charge in [0.2, 0.25) is 5.91 Å². The topological polar surface area (TPSA) is 58.4 Å². The molecule has 0 aliphatic carbocycles. The first-order chi connectivity index (χ1) is 9.96. The fraction of sp³-hybridized carbons (Fsp3) is 0.500. The van der Waals surface area contributed by atoms with Crippen LogP contribution in [0.5, 0.6) is 0 Å². The zero-order valence-corrected chi connectivity index (χ0v) is 13.5. The second-order valence-corrected chi connectivity index (χ2v) is 6.48. The Kier molecular flexibility index (Phi) is 4.96. The van der Waals surface area contributed by atoms with Crippen LogP contribution in [-0.2, 0) is 4.79 Å². The normalized spacial score (nSPS) is 23.7. The SMILES string of the molecule is CNC(=O)C1(C)CCN(C(CC(N)=S)c2ccccc2)C1. The maximum absolute atomic E-state index is 12.1. The highest BCUT2D eigenvalue weighted by Gasteiger charge is 2.42. The van der Waals surface area contributed by atoms with Crippen LogP contribution in [0.3, 0.4) is 0 Å². The fourth-order valence-electron chi connectivity index (χ4n) is 3.07. The quantitative estimate of drug-likeness (QED) is 0.815. The third kappa shape index (κ3) is 3.60. The molecular weight excluding hydrogens is 282 g/mol. The van der Waals surface area contributed by atoms with Gasteiger partial charge in [-0.3, -0.25) is 9.69 Å². The highest BCUT2D eigenvalue weighted by atomic mass is 32.1. The molecule has 5 heteroatoms. The maximum Gasteiger partial charge on any atom is 0.227 e. The van der Waals surface area contributed by atoms with E-state index in [1.54, 1.807) is 7.05 Å². The van der Waals surface area contributed by atoms with Crippen molar-refractivity contribution in [1.82, 2.24) is 10.2 Å². The van der Waals surface area contributed by atoms with E-state index in [1.807, 2.05) is 25.1 Å². The molecule has 0 spiro atoms. The van der Waals surface area contributed by atoms with Crippen molar-refractivity contribution in [2.75, 3.05) is 20.1 Å². The van der Waals surface area contributed by atoms with Crippen LogP contribution in [0.15, 0.2) is 30.3 Å². The smallest absolute Gasteiger partial charge is 0.227 e. The molecule has 0 aromatic heterocycles. The highest BCUT2D eigenvalue weighted by molar-refractivity contribution is 7.80. The van der Waals surface area contributed by atoms with Crippen molar-refractivity contribution in [3.63, 3.8) is 0 Å². The number of carbonyl (C=O) groups excluding carboxylic acids is 1. The number of likely N-dealkylation sites (tertiary alicyclic amines) is 1. The number of hydrogen-bond donors (Lipinski definition) is 2. The predicted molar refractivity (Wildman–Crippen MR) is 88.9 cm³/mol. The molecule has 0 saturated carbocycles. The first-order valence-corrected chi connectivity index (χ1v) is 7.66. The molecule has 1 amide bonds. The minimum absolute atomic E-state index is 0.104. The molecule has 114 valence electrons. The number of nitrogens with zero attached hydrogens (tertiary/aromatic N) is 1. The summed E-state index contributed by atoms with van der Waals surface area (Å²) in [4.78, 5) is 14.9. The summed E-state index contributed by atoms with van der Waals surface area (Å²) < 4.78 is 0. The minimum atomic E-state index is -0.335. The first-order valence-electron chi connectivity index (χ1n) is 7.26. The lowest BCUT2D eigenvalue weighted by molar-refractivity contribution is -0.129. The number of hydrogen-bond acceptors (Lipinski definition) is 3. The number of amides is 1. The molecule has 0 radical (unpaired) electrons. The van der Waals surface area contributed by atoms with Gasteiger partial charge in [0.1, 0.15) is 0 Å². The summed E-state index contributed by atoms with van der Waals surface area (Å²) in [6.07, 6.45) is 1.50. The molecule has 21 heavy (non-hydrogen) atoms. The van der Waals surface area contributed by atoms with Crippen molar-refractivity contribution < 1.29 is 4.79 Å². The standard InChI is InChI=1S/C16H23N3OS/c1-16(15(20)18-2)8-9-19(11-16)13(10-14(17)21)12-6-4-3-5-7-12/h3-7,13H,8-11H2,1-2H3,(H2,17,21)(H,18,20). The Bertz CT molecular complexity index is 520. The maximum atomic E-state index is 12.1. The highest BCUT2D eigenvalue weighted by Crippen LogP contribution is 2.36. The number of benzene rings is 1. The molecule has 1 aromatic carbocycles. The van der Waals surface area contributed by atoms with Gasteiger partial charge in [-0.25, -0.2) is 0 Å². The van der Waals surface area contributed by atoms with Crippen LogP contribution in [-0.4, -0.2) is 35.9 Å². The van der Waals surface area contributed by atoms with Crippen molar-refractivity contribution in [3.05, 3.63) is 35.9 Å². The van der Waals surface area contributed by atoms with Gasteiger partial charge in [-0.1, -0.05) is 42.5 Å². The molecule has 1 aromatic rings. The van der Waals surface area contributed by atoms with Crippen molar-refractivity contribution in [2.24, 2.45) is 11.1 Å². The minimum Gasteiger partial charge on any atom is -0.393 e. The Balaban J connectivity index is 2.20. The zero-order valence-electron chi connectivity index (χ0n) is 12.6. The molecule has 1 aliphatic heterocycles. The van der Waals surface area contributed by atoms with E-state index in [9.17, 15) is 4.79 Å². The van der Waals surface area contributed by atoms with Gasteiger partial charge in [-0.05, 0) is 25.5 Å². The number of carbonyl (C=O) groups is 1. The van der Waals surface area contributed by atoms with E-state index in [0.717, 1.165) is 19.5 Å². The predicted octanol–water partition coefficient (Wildman–Crippen LogP) is 1.86. The summed E-state index contributed by atoms with van der Waals surface area (Å²) in [7, 11) is 1.69. The van der Waals surface area contributed by atoms with Gasteiger partial charge in [0.25, 0.3) is 0 Å². The van der Waals surface area contributed by atoms with E-state index >= 15 is 0 Å². The molecule has 2 rings (SSSR count). The lowest BCUT2D eigenvalue weighted by atomic mass is 9.88. The summed E-state index contributed by atoms with van der Waals surface area (Å²) in [5.41, 5.74) is 6.64. The summed E-state index contributed by atoms with van der Waals surface area (Å²) >= 11 is 5.11. The Morgan fingerprint density at radius 1 is 1.48 bits per heavy atom. The van der Waals surface area contributed by atoms with Gasteiger partial charge in [0.15, 0.2) is 0 Å². The Hall–Kier alpha value is -1.46. The van der Waals surface area contributed by atoms with Crippen molar-refractivity contribution in [2.45, 2.75) is 25.8 Å². The van der Waals surface area contributed by atoms with Gasteiger partial charge in [0, 0.05) is 26.1 Å². The van der Waals surface area contributed by atoms with E-state index < -0.39 is 0 Å². The van der Waals surface area contributed by atoms with Crippen LogP contribution in [0.4, 0.5) is 0 Å². The zero-order chi connectivity index (χ0) is 15.5. The second-order valence-electron chi connectivity index (χ2n) is 5.96. The molecule has 1 aliphatic rings. The summed E-state index contributed by atoms with van der Waals surface area (Å²) in [5, 5.41) is 2.77. The Labute approximate surface area is 131 Å². The molecule has 3 N–H and O–H groups in total. The van der Waals surface area contributed by atoms with Gasteiger partial charge in [0.05, 0.1) is 10.4 Å². The third-order valence-electron chi connectivity index (χ3n) is 4.30. The third-order valence-corrected chi connectivity index (χ3v) is 4.46. The number of thiocarbonyl (C=S) groups is 1. The van der Waals surface area contributed by atoms with Crippen LogP contribution in [0.25, 0.3) is 0 Å². The van der Waals surface area contributed by atoms with Crippen LogP contribution >= 0.6 is 12.2 Å². The van der Waals surface area contributed by atoms with Crippen LogP contribution < -0.4 is 11.1 Å². The van der Waals surface area contributed by atoms with Gasteiger partial charge >= 0.3 is 0 Å². The molecule has 1 fully saturated rings. The molecule has 1 saturated heterocycles. The van der Waals surface area contributed by atoms with Crippen LogP contribution in [0.1, 0.15) is 31.4 Å². The molecular formula is C16H23N3OS. The van der Waals surface area contributed by atoms with E-state index in [2.05, 4.69) is 22.3 Å². The van der Waals surface area contributed by atoms with Crippen molar-refractivity contribution in [3.8, 4) is 0 Å².